The van der Waals surface area contributed by atoms with Gasteiger partial charge < -0.3 is 4.74 Å². The van der Waals surface area contributed by atoms with Gasteiger partial charge in [0.2, 0.25) is 0 Å². The monoisotopic (exact) mass is 307 g/mol. The van der Waals surface area contributed by atoms with E-state index in [1.165, 1.54) is 0 Å². The quantitative estimate of drug-likeness (QED) is 0.855. The maximum absolute atomic E-state index is 12.9. The fourth-order valence-corrected chi connectivity index (χ4v) is 4.01. The number of carbonyl (C=O) groups is 1. The summed E-state index contributed by atoms with van der Waals surface area (Å²) in [7, 11) is 4.03. The van der Waals surface area contributed by atoms with E-state index in [2.05, 4.69) is 4.90 Å². The summed E-state index contributed by atoms with van der Waals surface area (Å²) in [6.07, 6.45) is 5.49. The Morgan fingerprint density at radius 2 is 2.05 bits per heavy atom. The molecule has 0 saturated heterocycles. The Balaban J connectivity index is 1.88. The molecule has 1 aliphatic carbocycles. The van der Waals surface area contributed by atoms with Crippen LogP contribution in [0.3, 0.4) is 0 Å². The lowest BCUT2D eigenvalue weighted by atomic mass is 9.86. The zero-order chi connectivity index (χ0) is 15.0. The molecule has 0 aromatic heterocycles. The van der Waals surface area contributed by atoms with Gasteiger partial charge in [-0.3, -0.25) is 9.69 Å². The number of likely N-dealkylation sites (N-methyl/N-ethyl adjacent to an activating group) is 1. The molecule has 1 saturated carbocycles. The standard InChI is InChI=1S/C17H22ClNO2/c1-19(2)17(6-3-4-7-17)15(20)11-13-10-14(18)9-12-5-8-21-16(12)13/h9-10H,3-8,11H2,1-2H3. The van der Waals surface area contributed by atoms with Crippen molar-refractivity contribution in [1.29, 1.82) is 0 Å². The van der Waals surface area contributed by atoms with Crippen molar-refractivity contribution in [2.45, 2.75) is 44.1 Å². The van der Waals surface area contributed by atoms with E-state index in [-0.39, 0.29) is 5.54 Å². The summed E-state index contributed by atoms with van der Waals surface area (Å²) < 4.78 is 5.72. The number of fused-ring (bicyclic) bond motifs is 1. The van der Waals surface area contributed by atoms with Gasteiger partial charge in [0.05, 0.1) is 12.1 Å². The van der Waals surface area contributed by atoms with Crippen LogP contribution in [-0.2, 0) is 17.6 Å². The molecular weight excluding hydrogens is 286 g/mol. The lowest BCUT2D eigenvalue weighted by molar-refractivity contribution is -0.128. The van der Waals surface area contributed by atoms with Crippen LogP contribution >= 0.6 is 11.6 Å². The molecule has 0 unspecified atom stereocenters. The highest BCUT2D eigenvalue weighted by Gasteiger charge is 2.42. The van der Waals surface area contributed by atoms with Gasteiger partial charge in [-0.05, 0) is 44.6 Å². The molecule has 0 radical (unpaired) electrons. The lowest BCUT2D eigenvalue weighted by Crippen LogP contribution is -2.49. The number of benzene rings is 1. The molecule has 0 amide bonds. The highest BCUT2D eigenvalue weighted by Crippen LogP contribution is 2.38. The predicted octanol–water partition coefficient (Wildman–Crippen LogP) is 3.26. The first kappa shape index (κ1) is 14.9. The van der Waals surface area contributed by atoms with E-state index in [1.807, 2.05) is 26.2 Å². The van der Waals surface area contributed by atoms with Crippen molar-refractivity contribution in [2.75, 3.05) is 20.7 Å². The lowest BCUT2D eigenvalue weighted by Gasteiger charge is -2.35. The van der Waals surface area contributed by atoms with Crippen LogP contribution in [0.5, 0.6) is 5.75 Å². The van der Waals surface area contributed by atoms with Crippen LogP contribution in [0.25, 0.3) is 0 Å². The number of Topliss-reactive ketones (excluding diaryl/α,β-unsaturated/α-hetero) is 1. The summed E-state index contributed by atoms with van der Waals surface area (Å²) in [5.41, 5.74) is 1.79. The number of nitrogens with zero attached hydrogens (tertiary/aromatic N) is 1. The third kappa shape index (κ3) is 2.58. The van der Waals surface area contributed by atoms with Gasteiger partial charge in [-0.25, -0.2) is 0 Å². The van der Waals surface area contributed by atoms with Crippen LogP contribution in [-0.4, -0.2) is 36.9 Å². The molecule has 4 heteroatoms. The molecule has 1 aromatic rings. The molecule has 0 bridgehead atoms. The number of carbonyl (C=O) groups excluding carboxylic acids is 1. The minimum Gasteiger partial charge on any atom is -0.493 e. The summed E-state index contributed by atoms with van der Waals surface area (Å²) in [5.74, 6) is 1.18. The summed E-state index contributed by atoms with van der Waals surface area (Å²) in [6.45, 7) is 0.690. The minimum atomic E-state index is -0.298. The van der Waals surface area contributed by atoms with Crippen molar-refractivity contribution in [3.8, 4) is 5.75 Å². The maximum atomic E-state index is 12.9. The number of rotatable bonds is 4. The molecule has 21 heavy (non-hydrogen) atoms. The fourth-order valence-electron chi connectivity index (χ4n) is 3.75. The van der Waals surface area contributed by atoms with Crippen LogP contribution < -0.4 is 4.74 Å². The van der Waals surface area contributed by atoms with Gasteiger partial charge >= 0.3 is 0 Å². The van der Waals surface area contributed by atoms with Crippen molar-refractivity contribution in [2.24, 2.45) is 0 Å². The first-order valence-corrected chi connectivity index (χ1v) is 8.05. The largest absolute Gasteiger partial charge is 0.493 e. The second-order valence-electron chi connectivity index (χ2n) is 6.38. The molecule has 1 aromatic carbocycles. The molecule has 3 rings (SSSR count). The zero-order valence-electron chi connectivity index (χ0n) is 12.7. The van der Waals surface area contributed by atoms with Gasteiger partial charge in [0, 0.05) is 23.4 Å². The third-order valence-electron chi connectivity index (χ3n) is 4.98. The van der Waals surface area contributed by atoms with Crippen molar-refractivity contribution in [1.82, 2.24) is 4.90 Å². The first-order chi connectivity index (χ1) is 10.0. The Labute approximate surface area is 131 Å². The summed E-state index contributed by atoms with van der Waals surface area (Å²) in [4.78, 5) is 15.1. The molecule has 0 spiro atoms. The molecule has 1 fully saturated rings. The molecule has 2 aliphatic rings. The Hall–Kier alpha value is -1.06. The van der Waals surface area contributed by atoms with Crippen LogP contribution in [0.15, 0.2) is 12.1 Å². The fraction of sp³-hybridized carbons (Fsp3) is 0.588. The second-order valence-corrected chi connectivity index (χ2v) is 6.82. The van der Waals surface area contributed by atoms with Gasteiger partial charge in [-0.2, -0.15) is 0 Å². The van der Waals surface area contributed by atoms with Gasteiger partial charge in [0.1, 0.15) is 5.75 Å². The summed E-state index contributed by atoms with van der Waals surface area (Å²) in [5, 5.41) is 0.701. The van der Waals surface area contributed by atoms with Crippen LogP contribution in [0, 0.1) is 0 Å². The number of hydrogen-bond acceptors (Lipinski definition) is 3. The van der Waals surface area contributed by atoms with Gasteiger partial charge in [0.25, 0.3) is 0 Å². The summed E-state index contributed by atoms with van der Waals surface area (Å²) >= 11 is 6.19. The second kappa shape index (κ2) is 5.62. The maximum Gasteiger partial charge on any atom is 0.157 e. The Kier molecular flexibility index (Phi) is 3.98. The van der Waals surface area contributed by atoms with Crippen LogP contribution in [0.2, 0.25) is 5.02 Å². The first-order valence-electron chi connectivity index (χ1n) is 7.68. The van der Waals surface area contributed by atoms with E-state index in [9.17, 15) is 4.79 Å². The average molecular weight is 308 g/mol. The van der Waals surface area contributed by atoms with Crippen LogP contribution in [0.4, 0.5) is 0 Å². The average Bonchev–Trinajstić information content (AvgIpc) is 3.07. The highest BCUT2D eigenvalue weighted by molar-refractivity contribution is 6.30. The molecule has 0 N–H and O–H groups in total. The van der Waals surface area contributed by atoms with E-state index < -0.39 is 0 Å². The van der Waals surface area contributed by atoms with E-state index in [0.29, 0.717) is 23.8 Å². The Bertz CT molecular complexity index is 562. The van der Waals surface area contributed by atoms with E-state index in [0.717, 1.165) is 49.0 Å². The molecule has 0 atom stereocenters. The number of ketones is 1. The predicted molar refractivity (Wildman–Crippen MR) is 84.2 cm³/mol. The van der Waals surface area contributed by atoms with E-state index in [1.54, 1.807) is 0 Å². The Morgan fingerprint density at radius 1 is 1.33 bits per heavy atom. The zero-order valence-corrected chi connectivity index (χ0v) is 13.5. The molecule has 3 nitrogen and oxygen atoms in total. The smallest absolute Gasteiger partial charge is 0.157 e. The molecular formula is C17H22ClNO2. The number of hydrogen-bond donors (Lipinski definition) is 0. The SMILES string of the molecule is CN(C)C1(C(=O)Cc2cc(Cl)cc3c2OCC3)CCCC1. The normalized spacial score (nSPS) is 19.6. The third-order valence-corrected chi connectivity index (χ3v) is 5.20. The Morgan fingerprint density at radius 3 is 2.71 bits per heavy atom. The molecule has 1 heterocycles. The topological polar surface area (TPSA) is 29.5 Å². The van der Waals surface area contributed by atoms with Crippen LogP contribution in [0.1, 0.15) is 36.8 Å². The van der Waals surface area contributed by atoms with E-state index in [4.69, 9.17) is 16.3 Å². The number of ether oxygens (including phenoxy) is 1. The van der Waals surface area contributed by atoms with Gasteiger partial charge in [-0.15, -0.1) is 0 Å². The van der Waals surface area contributed by atoms with Gasteiger partial charge in [-0.1, -0.05) is 24.4 Å². The van der Waals surface area contributed by atoms with Gasteiger partial charge in [0.15, 0.2) is 5.78 Å². The van der Waals surface area contributed by atoms with Crippen molar-refractivity contribution < 1.29 is 9.53 Å². The molecule has 114 valence electrons. The number of halogens is 1. The summed E-state index contributed by atoms with van der Waals surface area (Å²) in [6, 6.07) is 3.84. The van der Waals surface area contributed by atoms with Crippen molar-refractivity contribution >= 4 is 17.4 Å². The van der Waals surface area contributed by atoms with E-state index >= 15 is 0 Å². The highest BCUT2D eigenvalue weighted by atomic mass is 35.5. The molecule has 1 aliphatic heterocycles. The van der Waals surface area contributed by atoms with Crippen molar-refractivity contribution in [3.05, 3.63) is 28.3 Å². The van der Waals surface area contributed by atoms with Crippen molar-refractivity contribution in [3.63, 3.8) is 0 Å². The minimum absolute atomic E-state index is 0.296.